The molecule has 4 rings (SSSR count). The Labute approximate surface area is 221 Å². The van der Waals surface area contributed by atoms with Crippen molar-refractivity contribution in [3.8, 4) is 5.88 Å². The summed E-state index contributed by atoms with van der Waals surface area (Å²) in [5.41, 5.74) is 7.04. The maximum atomic E-state index is 13.6. The molecule has 198 valence electrons. The third kappa shape index (κ3) is 7.09. The molecule has 2 amide bonds. The molecule has 0 bridgehead atoms. The van der Waals surface area contributed by atoms with Crippen molar-refractivity contribution in [2.45, 2.75) is 58.2 Å². The summed E-state index contributed by atoms with van der Waals surface area (Å²) >= 11 is 6.09. The van der Waals surface area contributed by atoms with Crippen molar-refractivity contribution >= 4 is 34.8 Å². The smallest absolute Gasteiger partial charge is 0.270 e. The first-order valence-electron chi connectivity index (χ1n) is 12.6. The van der Waals surface area contributed by atoms with E-state index in [-0.39, 0.29) is 23.6 Å². The van der Waals surface area contributed by atoms with E-state index in [0.717, 1.165) is 31.2 Å². The van der Waals surface area contributed by atoms with Crippen LogP contribution in [0.4, 0.5) is 5.69 Å². The molecule has 0 radical (unpaired) electrons. The number of hydrogen-bond acceptors (Lipinski definition) is 7. The molecule has 2 aromatic heterocycles. The second-order valence-electron chi connectivity index (χ2n) is 9.91. The highest BCUT2D eigenvalue weighted by Crippen LogP contribution is 2.50. The van der Waals surface area contributed by atoms with Gasteiger partial charge in [-0.3, -0.25) is 19.3 Å². The van der Waals surface area contributed by atoms with Gasteiger partial charge in [0.15, 0.2) is 0 Å². The fourth-order valence-corrected chi connectivity index (χ4v) is 4.85. The fourth-order valence-electron chi connectivity index (χ4n) is 4.66. The highest BCUT2D eigenvalue weighted by molar-refractivity contribution is 6.43. The third-order valence-electron chi connectivity index (χ3n) is 6.49. The first kappa shape index (κ1) is 26.7. The van der Waals surface area contributed by atoms with E-state index >= 15 is 0 Å². The van der Waals surface area contributed by atoms with Gasteiger partial charge in [0.05, 0.1) is 30.6 Å². The number of nitrogens with two attached hydrogens (primary N) is 1. The average molecular weight is 528 g/mol. The van der Waals surface area contributed by atoms with Crippen LogP contribution < -0.4 is 21.1 Å². The van der Waals surface area contributed by atoms with E-state index in [1.165, 1.54) is 18.5 Å². The Kier molecular flexibility index (Phi) is 8.48. The van der Waals surface area contributed by atoms with E-state index in [9.17, 15) is 9.59 Å². The van der Waals surface area contributed by atoms with Gasteiger partial charge in [-0.1, -0.05) is 11.6 Å². The summed E-state index contributed by atoms with van der Waals surface area (Å²) < 4.78 is 6.98. The molecule has 0 spiro atoms. The molecule has 0 aliphatic heterocycles. The maximum absolute atomic E-state index is 13.6. The number of ether oxygens (including phenoxy) is 1. The fraction of sp³-hybridized carbons (Fsp3) is 0.500. The van der Waals surface area contributed by atoms with Crippen molar-refractivity contribution in [1.82, 2.24) is 20.1 Å². The molecule has 0 saturated heterocycles. The Morgan fingerprint density at radius 3 is 2.57 bits per heavy atom. The van der Waals surface area contributed by atoms with E-state index in [1.807, 2.05) is 13.8 Å². The molecule has 1 atom stereocenters. The Morgan fingerprint density at radius 2 is 1.97 bits per heavy atom. The number of carbonyl (C=O) groups excluding carboxylic acids is 2. The number of aliphatic imine (C=N–C) groups is 1. The second kappa shape index (κ2) is 11.8. The third-order valence-corrected chi connectivity index (χ3v) is 6.70. The normalized spacial score (nSPS) is 16.9. The van der Waals surface area contributed by atoms with Crippen molar-refractivity contribution < 1.29 is 14.3 Å². The molecule has 2 aromatic rings. The molecule has 4 N–H and O–H groups in total. The number of amides is 2. The van der Waals surface area contributed by atoms with Crippen LogP contribution in [-0.4, -0.2) is 51.5 Å². The van der Waals surface area contributed by atoms with Gasteiger partial charge in [0, 0.05) is 24.0 Å². The first-order chi connectivity index (χ1) is 17.8. The highest BCUT2D eigenvalue weighted by Gasteiger charge is 2.48. The van der Waals surface area contributed by atoms with E-state index in [1.54, 1.807) is 30.3 Å². The van der Waals surface area contributed by atoms with Crippen molar-refractivity contribution in [1.29, 1.82) is 0 Å². The van der Waals surface area contributed by atoms with E-state index in [0.29, 0.717) is 35.0 Å². The van der Waals surface area contributed by atoms with Crippen LogP contribution in [-0.2, 0) is 16.1 Å². The molecule has 2 aliphatic carbocycles. The zero-order valence-corrected chi connectivity index (χ0v) is 22.1. The van der Waals surface area contributed by atoms with Crippen LogP contribution in [0.5, 0.6) is 5.88 Å². The Balaban J connectivity index is 1.51. The molecule has 2 aliphatic rings. The summed E-state index contributed by atoms with van der Waals surface area (Å²) in [6.07, 6.45) is 11.9. The summed E-state index contributed by atoms with van der Waals surface area (Å²) in [6, 6.07) is 0.989. The van der Waals surface area contributed by atoms with Gasteiger partial charge in [-0.2, -0.15) is 5.10 Å². The number of pyridine rings is 1. The molecule has 10 nitrogen and oxygen atoms in total. The topological polar surface area (TPSA) is 137 Å². The van der Waals surface area contributed by atoms with Crippen molar-refractivity contribution in [3.63, 3.8) is 0 Å². The van der Waals surface area contributed by atoms with Crippen LogP contribution in [0.2, 0.25) is 5.02 Å². The number of halogens is 1. The van der Waals surface area contributed by atoms with Crippen molar-refractivity contribution in [3.05, 3.63) is 47.5 Å². The summed E-state index contributed by atoms with van der Waals surface area (Å²) in [5, 5.41) is 10.8. The lowest BCUT2D eigenvalue weighted by molar-refractivity contribution is -0.124. The number of aromatic nitrogens is 3. The molecule has 11 heteroatoms. The Hall–Kier alpha value is -3.40. The van der Waals surface area contributed by atoms with E-state index in [4.69, 9.17) is 22.1 Å². The molecule has 2 saturated carbocycles. The highest BCUT2D eigenvalue weighted by atomic mass is 35.5. The molecular weight excluding hydrogens is 494 g/mol. The maximum Gasteiger partial charge on any atom is 0.270 e. The predicted octanol–water partition coefficient (Wildman–Crippen LogP) is 3.17. The molecule has 0 aromatic carbocycles. The summed E-state index contributed by atoms with van der Waals surface area (Å²) in [6.45, 7) is 4.12. The number of methoxy groups -OCH3 is 1. The van der Waals surface area contributed by atoms with E-state index in [2.05, 4.69) is 25.7 Å². The van der Waals surface area contributed by atoms with Crippen molar-refractivity contribution in [2.24, 2.45) is 28.5 Å². The summed E-state index contributed by atoms with van der Waals surface area (Å²) in [7, 11) is 1.54. The van der Waals surface area contributed by atoms with Gasteiger partial charge in [0.25, 0.3) is 5.91 Å². The van der Waals surface area contributed by atoms with E-state index < -0.39 is 11.9 Å². The minimum absolute atomic E-state index is 0.0861. The largest absolute Gasteiger partial charge is 0.481 e. The number of hydrogen-bond donors (Lipinski definition) is 3. The lowest BCUT2D eigenvalue weighted by Gasteiger charge is -2.27. The second-order valence-corrected chi connectivity index (χ2v) is 10.3. The number of nitrogens with zero attached hydrogens (tertiary/aromatic N) is 4. The van der Waals surface area contributed by atoms with Crippen LogP contribution in [0, 0.1) is 17.8 Å². The van der Waals surface area contributed by atoms with Crippen LogP contribution in [0.25, 0.3) is 0 Å². The van der Waals surface area contributed by atoms with Gasteiger partial charge < -0.3 is 21.1 Å². The van der Waals surface area contributed by atoms with Gasteiger partial charge in [0.1, 0.15) is 11.8 Å². The lowest BCUT2D eigenvalue weighted by Crippen LogP contribution is -2.51. The monoisotopic (exact) mass is 527 g/mol. The average Bonchev–Trinajstić information content (AvgIpc) is 3.79. The molecule has 2 fully saturated rings. The molecule has 2 heterocycles. The number of nitrogens with one attached hydrogen (secondary N) is 2. The zero-order chi connectivity index (χ0) is 26.5. The number of carbonyl (C=O) groups is 2. The quantitative estimate of drug-likeness (QED) is 0.363. The Morgan fingerprint density at radius 1 is 1.27 bits per heavy atom. The summed E-state index contributed by atoms with van der Waals surface area (Å²) in [4.78, 5) is 35.3. The van der Waals surface area contributed by atoms with Gasteiger partial charge in [-0.15, -0.1) is 0 Å². The summed E-state index contributed by atoms with van der Waals surface area (Å²) in [5.74, 6) is 0.741. The molecular formula is C26H34ClN7O3. The van der Waals surface area contributed by atoms with Crippen LogP contribution in [0.3, 0.4) is 0 Å². The van der Waals surface area contributed by atoms with Crippen LogP contribution >= 0.6 is 11.6 Å². The minimum Gasteiger partial charge on any atom is -0.481 e. The molecule has 1 unspecified atom stereocenters. The number of rotatable bonds is 12. The zero-order valence-electron chi connectivity index (χ0n) is 21.4. The van der Waals surface area contributed by atoms with Crippen molar-refractivity contribution in [2.75, 3.05) is 12.4 Å². The SMILES string of the molecule is COc1ncc(Cl)cc1Cn1cc(NC(=O)C(NC(=O)C(/C=C\N)=NC(C)C)C(C2CC2)C2CC2)cn1. The van der Waals surface area contributed by atoms with Gasteiger partial charge >= 0.3 is 0 Å². The van der Waals surface area contributed by atoms with Gasteiger partial charge in [0.2, 0.25) is 11.8 Å². The Bertz CT molecular complexity index is 1170. The standard InChI is InChI=1S/C26H34ClN7O3/c1-15(2)31-21(8-9-28)24(35)33-23(22(16-4-5-16)17-6-7-17)25(36)32-20-12-30-34(14-20)13-18-10-19(27)11-29-26(18)37-3/h8-12,14-17,22-23H,4-7,13,28H2,1-3H3,(H,32,36)(H,33,35)/b9-8-,31-21?. The number of anilines is 1. The lowest BCUT2D eigenvalue weighted by atomic mass is 9.88. The van der Waals surface area contributed by atoms with Gasteiger partial charge in [-0.05, 0) is 75.6 Å². The minimum atomic E-state index is -0.684. The molecule has 37 heavy (non-hydrogen) atoms. The first-order valence-corrected chi connectivity index (χ1v) is 13.0. The van der Waals surface area contributed by atoms with Crippen LogP contribution in [0.15, 0.2) is 41.9 Å². The predicted molar refractivity (Wildman–Crippen MR) is 143 cm³/mol. The van der Waals surface area contributed by atoms with Gasteiger partial charge in [-0.25, -0.2) is 4.98 Å². The van der Waals surface area contributed by atoms with Crippen LogP contribution in [0.1, 0.15) is 45.1 Å².